The quantitative estimate of drug-likeness (QED) is 0.815. The van der Waals surface area contributed by atoms with Crippen LogP contribution in [0.1, 0.15) is 47.0 Å². The van der Waals surface area contributed by atoms with Gasteiger partial charge in [0, 0.05) is 24.5 Å². The number of carbonyl (C=O) groups is 1. The first kappa shape index (κ1) is 16.6. The molecule has 1 saturated heterocycles. The molecule has 2 fully saturated rings. The molecule has 2 rings (SSSR count). The fourth-order valence-electron chi connectivity index (χ4n) is 3.65. The third-order valence-electron chi connectivity index (χ3n) is 5.44. The van der Waals surface area contributed by atoms with Crippen LogP contribution in [-0.2, 0) is 4.74 Å². The molecule has 21 heavy (non-hydrogen) atoms. The molecule has 0 radical (unpaired) electrons. The molecule has 0 spiro atoms. The molecule has 0 bridgehead atoms. The molecule has 2 unspecified atom stereocenters. The minimum absolute atomic E-state index is 0.0446. The van der Waals surface area contributed by atoms with E-state index in [2.05, 4.69) is 33.0 Å². The number of aliphatic hydroxyl groups is 1. The summed E-state index contributed by atoms with van der Waals surface area (Å²) >= 11 is 0. The third-order valence-corrected chi connectivity index (χ3v) is 5.44. The van der Waals surface area contributed by atoms with Gasteiger partial charge in [0.15, 0.2) is 0 Å². The SMILES string of the molecule is COC(=O)N1CCC(NCC2(C(O)C(C)C)CC2)C1(C)C. The zero-order valence-electron chi connectivity index (χ0n) is 14.0. The average Bonchev–Trinajstić information content (AvgIpc) is 3.15. The number of likely N-dealkylation sites (tertiary alicyclic amines) is 1. The van der Waals surface area contributed by atoms with Crippen molar-refractivity contribution in [1.29, 1.82) is 0 Å². The van der Waals surface area contributed by atoms with Crippen molar-refractivity contribution >= 4 is 6.09 Å². The summed E-state index contributed by atoms with van der Waals surface area (Å²) in [5.41, 5.74) is -0.213. The molecular weight excluding hydrogens is 268 g/mol. The van der Waals surface area contributed by atoms with Crippen molar-refractivity contribution in [2.24, 2.45) is 11.3 Å². The summed E-state index contributed by atoms with van der Waals surface area (Å²) in [5, 5.41) is 14.0. The van der Waals surface area contributed by atoms with Gasteiger partial charge in [0.1, 0.15) is 0 Å². The zero-order valence-corrected chi connectivity index (χ0v) is 14.0. The summed E-state index contributed by atoms with van der Waals surface area (Å²) in [6.45, 7) is 9.85. The molecule has 2 aliphatic rings. The Kier molecular flexibility index (Phi) is 4.54. The van der Waals surface area contributed by atoms with Crippen molar-refractivity contribution in [2.45, 2.75) is 64.6 Å². The normalized spacial score (nSPS) is 27.8. The first-order valence-electron chi connectivity index (χ1n) is 8.01. The van der Waals surface area contributed by atoms with Gasteiger partial charge in [0.25, 0.3) is 0 Å². The molecule has 1 aliphatic heterocycles. The lowest BCUT2D eigenvalue weighted by Crippen LogP contribution is -2.54. The highest BCUT2D eigenvalue weighted by Gasteiger charge is 2.51. The van der Waals surface area contributed by atoms with Crippen LogP contribution in [0.4, 0.5) is 4.79 Å². The Hall–Kier alpha value is -0.810. The first-order chi connectivity index (χ1) is 9.74. The number of methoxy groups -OCH3 is 1. The monoisotopic (exact) mass is 298 g/mol. The lowest BCUT2D eigenvalue weighted by atomic mass is 9.89. The summed E-state index contributed by atoms with van der Waals surface area (Å²) in [6, 6.07) is 0.244. The molecule has 1 aliphatic carbocycles. The number of nitrogens with one attached hydrogen (secondary N) is 1. The molecule has 2 atom stereocenters. The Morgan fingerprint density at radius 1 is 1.43 bits per heavy atom. The molecular formula is C16H30N2O3. The standard InChI is InChI=1S/C16H30N2O3/c1-11(2)13(19)16(7-8-16)10-17-12-6-9-18(14(20)21-5)15(12,3)4/h11-13,17,19H,6-10H2,1-5H3. The van der Waals surface area contributed by atoms with Crippen molar-refractivity contribution < 1.29 is 14.6 Å². The van der Waals surface area contributed by atoms with Gasteiger partial charge in [-0.1, -0.05) is 13.8 Å². The van der Waals surface area contributed by atoms with Gasteiger partial charge in [0.05, 0.1) is 18.8 Å². The molecule has 0 aromatic carbocycles. The Labute approximate surface area is 128 Å². The predicted octanol–water partition coefficient (Wildman–Crippen LogP) is 1.99. The summed E-state index contributed by atoms with van der Waals surface area (Å²) in [5.74, 6) is 0.289. The van der Waals surface area contributed by atoms with Gasteiger partial charge in [-0.3, -0.25) is 0 Å². The Morgan fingerprint density at radius 2 is 2.05 bits per heavy atom. The third kappa shape index (κ3) is 3.04. The van der Waals surface area contributed by atoms with Crippen LogP contribution >= 0.6 is 0 Å². The Balaban J connectivity index is 1.94. The number of carbonyl (C=O) groups excluding carboxylic acids is 1. The number of hydrogen-bond acceptors (Lipinski definition) is 4. The summed E-state index contributed by atoms with van der Waals surface area (Å²) in [6.07, 6.45) is 2.61. The van der Waals surface area contributed by atoms with Gasteiger partial charge in [-0.15, -0.1) is 0 Å². The molecule has 122 valence electrons. The molecule has 1 amide bonds. The van der Waals surface area contributed by atoms with Crippen LogP contribution in [-0.4, -0.2) is 54.0 Å². The van der Waals surface area contributed by atoms with Crippen molar-refractivity contribution in [2.75, 3.05) is 20.2 Å². The highest BCUT2D eigenvalue weighted by atomic mass is 16.5. The second-order valence-electron chi connectivity index (χ2n) is 7.55. The van der Waals surface area contributed by atoms with Crippen molar-refractivity contribution in [1.82, 2.24) is 10.2 Å². The van der Waals surface area contributed by atoms with Gasteiger partial charge in [0.2, 0.25) is 0 Å². The number of ether oxygens (including phenoxy) is 1. The lowest BCUT2D eigenvalue weighted by molar-refractivity contribution is 0.0455. The average molecular weight is 298 g/mol. The van der Waals surface area contributed by atoms with Crippen LogP contribution in [0, 0.1) is 11.3 Å². The van der Waals surface area contributed by atoms with E-state index in [1.165, 1.54) is 7.11 Å². The molecule has 5 nitrogen and oxygen atoms in total. The van der Waals surface area contributed by atoms with E-state index in [0.29, 0.717) is 0 Å². The molecule has 1 heterocycles. The highest BCUT2D eigenvalue weighted by Crippen LogP contribution is 2.50. The van der Waals surface area contributed by atoms with E-state index in [-0.39, 0.29) is 35.1 Å². The topological polar surface area (TPSA) is 61.8 Å². The van der Waals surface area contributed by atoms with E-state index in [1.54, 1.807) is 4.90 Å². The minimum Gasteiger partial charge on any atom is -0.453 e. The predicted molar refractivity (Wildman–Crippen MR) is 82.1 cm³/mol. The van der Waals surface area contributed by atoms with Crippen LogP contribution in [0.15, 0.2) is 0 Å². The maximum atomic E-state index is 11.8. The van der Waals surface area contributed by atoms with Crippen molar-refractivity contribution in [3.63, 3.8) is 0 Å². The smallest absolute Gasteiger partial charge is 0.409 e. The lowest BCUT2D eigenvalue weighted by Gasteiger charge is -2.36. The molecule has 1 saturated carbocycles. The minimum atomic E-state index is -0.258. The van der Waals surface area contributed by atoms with Gasteiger partial charge >= 0.3 is 6.09 Å². The zero-order chi connectivity index (χ0) is 15.8. The number of aliphatic hydroxyl groups excluding tert-OH is 1. The second-order valence-corrected chi connectivity index (χ2v) is 7.55. The van der Waals surface area contributed by atoms with Gasteiger partial charge in [-0.25, -0.2) is 4.79 Å². The largest absolute Gasteiger partial charge is 0.453 e. The fraction of sp³-hybridized carbons (Fsp3) is 0.938. The van der Waals surface area contributed by atoms with E-state index in [4.69, 9.17) is 4.74 Å². The molecule has 0 aromatic rings. The van der Waals surface area contributed by atoms with Crippen LogP contribution < -0.4 is 5.32 Å². The maximum Gasteiger partial charge on any atom is 0.409 e. The Bertz CT molecular complexity index is 391. The molecule has 2 N–H and O–H groups in total. The first-order valence-corrected chi connectivity index (χ1v) is 8.01. The van der Waals surface area contributed by atoms with E-state index < -0.39 is 0 Å². The fourth-order valence-corrected chi connectivity index (χ4v) is 3.65. The van der Waals surface area contributed by atoms with E-state index >= 15 is 0 Å². The maximum absolute atomic E-state index is 11.8. The van der Waals surface area contributed by atoms with Crippen molar-refractivity contribution in [3.05, 3.63) is 0 Å². The van der Waals surface area contributed by atoms with Gasteiger partial charge in [-0.2, -0.15) is 0 Å². The second kappa shape index (κ2) is 5.76. The van der Waals surface area contributed by atoms with Crippen LogP contribution in [0.2, 0.25) is 0 Å². The van der Waals surface area contributed by atoms with E-state index in [1.807, 2.05) is 0 Å². The molecule has 0 aromatic heterocycles. The number of rotatable bonds is 5. The molecule has 5 heteroatoms. The Morgan fingerprint density at radius 3 is 2.52 bits per heavy atom. The van der Waals surface area contributed by atoms with Gasteiger partial charge in [-0.05, 0) is 39.0 Å². The van der Waals surface area contributed by atoms with Crippen molar-refractivity contribution in [3.8, 4) is 0 Å². The summed E-state index contributed by atoms with van der Waals surface area (Å²) in [4.78, 5) is 13.6. The van der Waals surface area contributed by atoms with E-state index in [0.717, 1.165) is 32.4 Å². The number of amides is 1. The van der Waals surface area contributed by atoms with Crippen LogP contribution in [0.25, 0.3) is 0 Å². The summed E-state index contributed by atoms with van der Waals surface area (Å²) < 4.78 is 4.86. The number of nitrogens with zero attached hydrogens (tertiary/aromatic N) is 1. The van der Waals surface area contributed by atoms with Crippen LogP contribution in [0.3, 0.4) is 0 Å². The van der Waals surface area contributed by atoms with Crippen LogP contribution in [0.5, 0.6) is 0 Å². The number of hydrogen-bond donors (Lipinski definition) is 2. The van der Waals surface area contributed by atoms with Gasteiger partial charge < -0.3 is 20.1 Å². The highest BCUT2D eigenvalue weighted by molar-refractivity contribution is 5.69. The van der Waals surface area contributed by atoms with E-state index in [9.17, 15) is 9.90 Å². The summed E-state index contributed by atoms with van der Waals surface area (Å²) in [7, 11) is 1.43.